The van der Waals surface area contributed by atoms with E-state index < -0.39 is 0 Å². The van der Waals surface area contributed by atoms with Crippen molar-refractivity contribution in [3.63, 3.8) is 0 Å². The minimum absolute atomic E-state index is 0.0188. The van der Waals surface area contributed by atoms with Gasteiger partial charge in [0.15, 0.2) is 0 Å². The number of amides is 1. The smallest absolute Gasteiger partial charge is 0.224 e. The highest BCUT2D eigenvalue weighted by Gasteiger charge is 2.42. The standard InChI is InChI=1S/C11H20N2O2/c1-8-4-12-5-9(8)10(15)13-6-11(7-14)2-3-11/h8-9,12,14H,2-7H2,1H3,(H,13,15). The van der Waals surface area contributed by atoms with Crippen LogP contribution in [0.3, 0.4) is 0 Å². The third kappa shape index (κ3) is 2.32. The van der Waals surface area contributed by atoms with Crippen LogP contribution in [-0.2, 0) is 4.79 Å². The summed E-state index contributed by atoms with van der Waals surface area (Å²) in [5.74, 6) is 0.681. The molecule has 1 amide bonds. The number of aliphatic hydroxyl groups is 1. The first-order chi connectivity index (χ1) is 7.17. The Bertz CT molecular complexity index is 251. The van der Waals surface area contributed by atoms with E-state index in [1.165, 1.54) is 0 Å². The molecule has 0 aromatic carbocycles. The fourth-order valence-electron chi connectivity index (χ4n) is 2.13. The van der Waals surface area contributed by atoms with Crippen LogP contribution in [0.15, 0.2) is 0 Å². The van der Waals surface area contributed by atoms with Crippen molar-refractivity contribution in [2.24, 2.45) is 17.3 Å². The van der Waals surface area contributed by atoms with E-state index in [9.17, 15) is 4.79 Å². The maximum absolute atomic E-state index is 11.8. The average Bonchev–Trinajstić information content (AvgIpc) is 2.91. The van der Waals surface area contributed by atoms with Crippen LogP contribution in [0.1, 0.15) is 19.8 Å². The molecule has 2 aliphatic rings. The van der Waals surface area contributed by atoms with Crippen molar-refractivity contribution in [3.05, 3.63) is 0 Å². The lowest BCUT2D eigenvalue weighted by Gasteiger charge is -2.17. The number of hydrogen-bond acceptors (Lipinski definition) is 3. The van der Waals surface area contributed by atoms with Crippen LogP contribution >= 0.6 is 0 Å². The molecule has 1 heterocycles. The van der Waals surface area contributed by atoms with Gasteiger partial charge in [-0.15, -0.1) is 0 Å². The van der Waals surface area contributed by atoms with Gasteiger partial charge in [0, 0.05) is 18.5 Å². The normalized spacial score (nSPS) is 32.7. The molecular formula is C11H20N2O2. The van der Waals surface area contributed by atoms with Crippen LogP contribution in [0.25, 0.3) is 0 Å². The summed E-state index contributed by atoms with van der Waals surface area (Å²) in [5.41, 5.74) is 0.0188. The van der Waals surface area contributed by atoms with Crippen LogP contribution in [0.5, 0.6) is 0 Å². The molecule has 1 saturated heterocycles. The summed E-state index contributed by atoms with van der Waals surface area (Å²) in [6, 6.07) is 0. The molecule has 2 fully saturated rings. The van der Waals surface area contributed by atoms with Gasteiger partial charge in [0.1, 0.15) is 0 Å². The Morgan fingerprint density at radius 3 is 2.73 bits per heavy atom. The summed E-state index contributed by atoms with van der Waals surface area (Å²) in [6.45, 7) is 4.67. The van der Waals surface area contributed by atoms with Crippen LogP contribution in [0.4, 0.5) is 0 Å². The quantitative estimate of drug-likeness (QED) is 0.601. The summed E-state index contributed by atoms with van der Waals surface area (Å²) in [6.07, 6.45) is 2.09. The minimum Gasteiger partial charge on any atom is -0.396 e. The lowest BCUT2D eigenvalue weighted by Crippen LogP contribution is -2.38. The van der Waals surface area contributed by atoms with E-state index in [4.69, 9.17) is 5.11 Å². The molecular weight excluding hydrogens is 192 g/mol. The maximum atomic E-state index is 11.8. The van der Waals surface area contributed by atoms with Crippen molar-refractivity contribution >= 4 is 5.91 Å². The molecule has 2 unspecified atom stereocenters. The number of rotatable bonds is 4. The van der Waals surface area contributed by atoms with Crippen molar-refractivity contribution < 1.29 is 9.90 Å². The second-order valence-corrected chi connectivity index (χ2v) is 5.12. The van der Waals surface area contributed by atoms with E-state index in [-0.39, 0.29) is 23.8 Å². The third-order valence-corrected chi connectivity index (χ3v) is 3.78. The Morgan fingerprint density at radius 1 is 1.53 bits per heavy atom. The van der Waals surface area contributed by atoms with E-state index in [1.54, 1.807) is 0 Å². The Kier molecular flexibility index (Phi) is 2.98. The van der Waals surface area contributed by atoms with E-state index in [1.807, 2.05) is 0 Å². The topological polar surface area (TPSA) is 61.4 Å². The molecule has 0 bridgehead atoms. The van der Waals surface area contributed by atoms with Gasteiger partial charge in [-0.05, 0) is 25.3 Å². The summed E-state index contributed by atoms with van der Waals surface area (Å²) in [7, 11) is 0. The van der Waals surface area contributed by atoms with E-state index >= 15 is 0 Å². The molecule has 2 atom stereocenters. The zero-order valence-corrected chi connectivity index (χ0v) is 9.25. The van der Waals surface area contributed by atoms with Gasteiger partial charge in [0.05, 0.1) is 12.5 Å². The fraction of sp³-hybridized carbons (Fsp3) is 0.909. The first-order valence-electron chi connectivity index (χ1n) is 5.76. The Labute approximate surface area is 90.4 Å². The highest BCUT2D eigenvalue weighted by Crippen LogP contribution is 2.44. The molecule has 3 N–H and O–H groups in total. The number of hydrogen-bond donors (Lipinski definition) is 3. The number of carbonyl (C=O) groups is 1. The zero-order chi connectivity index (χ0) is 10.9. The fourth-order valence-corrected chi connectivity index (χ4v) is 2.13. The Morgan fingerprint density at radius 2 is 2.27 bits per heavy atom. The summed E-state index contributed by atoms with van der Waals surface area (Å²) < 4.78 is 0. The first kappa shape index (κ1) is 10.9. The average molecular weight is 212 g/mol. The lowest BCUT2D eigenvalue weighted by molar-refractivity contribution is -0.125. The van der Waals surface area contributed by atoms with Gasteiger partial charge in [-0.3, -0.25) is 4.79 Å². The second-order valence-electron chi connectivity index (χ2n) is 5.12. The third-order valence-electron chi connectivity index (χ3n) is 3.78. The molecule has 1 saturated carbocycles. The SMILES string of the molecule is CC1CNCC1C(=O)NCC1(CO)CC1. The van der Waals surface area contributed by atoms with Crippen LogP contribution in [0, 0.1) is 17.3 Å². The molecule has 0 aromatic rings. The number of aliphatic hydroxyl groups excluding tert-OH is 1. The van der Waals surface area contributed by atoms with Gasteiger partial charge in [0.25, 0.3) is 0 Å². The molecule has 4 nitrogen and oxygen atoms in total. The highest BCUT2D eigenvalue weighted by molar-refractivity contribution is 5.79. The van der Waals surface area contributed by atoms with Gasteiger partial charge < -0.3 is 15.7 Å². The monoisotopic (exact) mass is 212 g/mol. The largest absolute Gasteiger partial charge is 0.396 e. The van der Waals surface area contributed by atoms with Gasteiger partial charge in [-0.1, -0.05) is 6.92 Å². The van der Waals surface area contributed by atoms with Crippen LogP contribution in [0.2, 0.25) is 0 Å². The Hall–Kier alpha value is -0.610. The molecule has 86 valence electrons. The van der Waals surface area contributed by atoms with E-state index in [0.717, 1.165) is 25.9 Å². The number of nitrogens with one attached hydrogen (secondary N) is 2. The molecule has 0 spiro atoms. The summed E-state index contributed by atoms with van der Waals surface area (Å²) in [4.78, 5) is 11.8. The second kappa shape index (κ2) is 4.10. The summed E-state index contributed by atoms with van der Waals surface area (Å²) in [5, 5.41) is 15.3. The van der Waals surface area contributed by atoms with Crippen LogP contribution < -0.4 is 10.6 Å². The van der Waals surface area contributed by atoms with Gasteiger partial charge in [-0.25, -0.2) is 0 Å². The predicted octanol–water partition coefficient (Wildman–Crippen LogP) is -0.269. The Balaban J connectivity index is 1.77. The molecule has 1 aliphatic carbocycles. The zero-order valence-electron chi connectivity index (χ0n) is 9.25. The van der Waals surface area contributed by atoms with E-state index in [2.05, 4.69) is 17.6 Å². The number of carbonyl (C=O) groups excluding carboxylic acids is 1. The lowest BCUT2D eigenvalue weighted by atomic mass is 9.97. The molecule has 4 heteroatoms. The predicted molar refractivity (Wildman–Crippen MR) is 57.3 cm³/mol. The summed E-state index contributed by atoms with van der Waals surface area (Å²) >= 11 is 0. The van der Waals surface area contributed by atoms with Crippen molar-refractivity contribution in [3.8, 4) is 0 Å². The van der Waals surface area contributed by atoms with Gasteiger partial charge in [0.2, 0.25) is 5.91 Å². The molecule has 1 aliphatic heterocycles. The molecule has 0 aromatic heterocycles. The molecule has 2 rings (SSSR count). The van der Waals surface area contributed by atoms with Crippen molar-refractivity contribution in [1.29, 1.82) is 0 Å². The maximum Gasteiger partial charge on any atom is 0.224 e. The van der Waals surface area contributed by atoms with Crippen molar-refractivity contribution in [2.45, 2.75) is 19.8 Å². The van der Waals surface area contributed by atoms with E-state index in [0.29, 0.717) is 12.5 Å². The van der Waals surface area contributed by atoms with Crippen LogP contribution in [-0.4, -0.2) is 37.3 Å². The highest BCUT2D eigenvalue weighted by atomic mass is 16.3. The minimum atomic E-state index is 0.0188. The molecule has 15 heavy (non-hydrogen) atoms. The van der Waals surface area contributed by atoms with Crippen molar-refractivity contribution in [2.75, 3.05) is 26.2 Å². The van der Waals surface area contributed by atoms with Gasteiger partial charge in [-0.2, -0.15) is 0 Å². The van der Waals surface area contributed by atoms with Crippen molar-refractivity contribution in [1.82, 2.24) is 10.6 Å². The molecule has 0 radical (unpaired) electrons. The van der Waals surface area contributed by atoms with Gasteiger partial charge >= 0.3 is 0 Å². The first-order valence-corrected chi connectivity index (χ1v) is 5.76.